The number of halogens is 1. The van der Waals surface area contributed by atoms with Crippen LogP contribution >= 0.6 is 0 Å². The third kappa shape index (κ3) is 4.76. The van der Waals surface area contributed by atoms with Crippen molar-refractivity contribution >= 4 is 0 Å². The molecule has 2 saturated heterocycles. The van der Waals surface area contributed by atoms with Crippen molar-refractivity contribution < 1.29 is 14.2 Å². The number of likely N-dealkylation sites (tertiary alicyclic amines) is 1. The third-order valence-corrected chi connectivity index (χ3v) is 5.25. The summed E-state index contributed by atoms with van der Waals surface area (Å²) in [6.07, 6.45) is 1.90. The van der Waals surface area contributed by atoms with Gasteiger partial charge in [-0.05, 0) is 55.5 Å². The standard InChI is InChI=1S/C19H29FN2O2/c1-15-11-17(20)4-5-18(15)19(23)14-22-6-2-3-16(13-22)12-21-7-9-24-10-8-21/h4-5,11,16,19,23H,2-3,6-10,12-14H2,1H3. The summed E-state index contributed by atoms with van der Waals surface area (Å²) in [6.45, 7) is 9.46. The minimum Gasteiger partial charge on any atom is -0.387 e. The molecule has 2 aliphatic heterocycles. The van der Waals surface area contributed by atoms with Gasteiger partial charge in [-0.15, -0.1) is 0 Å². The Morgan fingerprint density at radius 3 is 2.79 bits per heavy atom. The number of hydrogen-bond acceptors (Lipinski definition) is 4. The molecule has 0 aromatic heterocycles. The maximum absolute atomic E-state index is 13.2. The number of benzene rings is 1. The van der Waals surface area contributed by atoms with E-state index in [0.29, 0.717) is 12.5 Å². The normalized spacial score (nSPS) is 24.9. The van der Waals surface area contributed by atoms with Crippen molar-refractivity contribution in [2.45, 2.75) is 25.9 Å². The van der Waals surface area contributed by atoms with Crippen molar-refractivity contribution in [1.82, 2.24) is 9.80 Å². The van der Waals surface area contributed by atoms with E-state index in [4.69, 9.17) is 4.74 Å². The summed E-state index contributed by atoms with van der Waals surface area (Å²) in [5.74, 6) is 0.422. The van der Waals surface area contributed by atoms with Crippen LogP contribution in [0.3, 0.4) is 0 Å². The van der Waals surface area contributed by atoms with Crippen LogP contribution in [0, 0.1) is 18.7 Å². The maximum atomic E-state index is 13.2. The number of morpholine rings is 1. The van der Waals surface area contributed by atoms with Crippen molar-refractivity contribution in [3.8, 4) is 0 Å². The summed E-state index contributed by atoms with van der Waals surface area (Å²) in [4.78, 5) is 4.86. The van der Waals surface area contributed by atoms with E-state index in [1.165, 1.54) is 25.0 Å². The molecule has 0 amide bonds. The SMILES string of the molecule is Cc1cc(F)ccc1C(O)CN1CCCC(CN2CCOCC2)C1. The van der Waals surface area contributed by atoms with Crippen LogP contribution in [0.4, 0.5) is 4.39 Å². The van der Waals surface area contributed by atoms with Gasteiger partial charge in [-0.2, -0.15) is 0 Å². The van der Waals surface area contributed by atoms with E-state index in [1.54, 1.807) is 6.07 Å². The number of piperidine rings is 1. The first-order valence-electron chi connectivity index (χ1n) is 9.08. The molecule has 0 aliphatic carbocycles. The second-order valence-electron chi connectivity index (χ2n) is 7.20. The van der Waals surface area contributed by atoms with Gasteiger partial charge in [0.15, 0.2) is 0 Å². The van der Waals surface area contributed by atoms with Crippen LogP contribution < -0.4 is 0 Å². The van der Waals surface area contributed by atoms with Gasteiger partial charge in [0.05, 0.1) is 19.3 Å². The van der Waals surface area contributed by atoms with Crippen molar-refractivity contribution in [3.63, 3.8) is 0 Å². The van der Waals surface area contributed by atoms with Crippen LogP contribution in [0.15, 0.2) is 18.2 Å². The van der Waals surface area contributed by atoms with E-state index in [2.05, 4.69) is 9.80 Å². The van der Waals surface area contributed by atoms with Crippen LogP contribution in [0.25, 0.3) is 0 Å². The van der Waals surface area contributed by atoms with Crippen molar-refractivity contribution in [2.24, 2.45) is 5.92 Å². The third-order valence-electron chi connectivity index (χ3n) is 5.25. The number of β-amino-alcohol motifs (C(OH)–C–C–N with tert-alkyl or cyclic N) is 1. The number of ether oxygens (including phenoxy) is 1. The number of aryl methyl sites for hydroxylation is 1. The molecule has 2 fully saturated rings. The predicted octanol–water partition coefficient (Wildman–Crippen LogP) is 2.21. The molecule has 0 bridgehead atoms. The average Bonchev–Trinajstić information content (AvgIpc) is 2.56. The second kappa shape index (κ2) is 8.39. The van der Waals surface area contributed by atoms with Gasteiger partial charge < -0.3 is 14.7 Å². The number of nitrogens with zero attached hydrogens (tertiary/aromatic N) is 2. The molecule has 2 aliphatic rings. The Morgan fingerprint density at radius 2 is 2.04 bits per heavy atom. The highest BCUT2D eigenvalue weighted by Crippen LogP contribution is 2.23. The Bertz CT molecular complexity index is 534. The first-order valence-corrected chi connectivity index (χ1v) is 9.08. The lowest BCUT2D eigenvalue weighted by Gasteiger charge is -2.37. The highest BCUT2D eigenvalue weighted by Gasteiger charge is 2.25. The lowest BCUT2D eigenvalue weighted by molar-refractivity contribution is 0.0187. The molecule has 2 heterocycles. The zero-order valence-electron chi connectivity index (χ0n) is 14.6. The van der Waals surface area contributed by atoms with Gasteiger partial charge in [-0.25, -0.2) is 4.39 Å². The molecule has 1 aromatic rings. The van der Waals surface area contributed by atoms with Gasteiger partial charge in [-0.1, -0.05) is 6.07 Å². The summed E-state index contributed by atoms with van der Waals surface area (Å²) < 4.78 is 18.7. The summed E-state index contributed by atoms with van der Waals surface area (Å²) >= 11 is 0. The first-order chi connectivity index (χ1) is 11.6. The molecule has 0 spiro atoms. The Morgan fingerprint density at radius 1 is 1.25 bits per heavy atom. The molecule has 134 valence electrons. The van der Waals surface area contributed by atoms with Gasteiger partial charge in [0.2, 0.25) is 0 Å². The van der Waals surface area contributed by atoms with Crippen LogP contribution in [0.5, 0.6) is 0 Å². The van der Waals surface area contributed by atoms with Crippen LogP contribution in [-0.2, 0) is 4.74 Å². The lowest BCUT2D eigenvalue weighted by atomic mass is 9.96. The molecule has 1 N–H and O–H groups in total. The predicted molar refractivity (Wildman–Crippen MR) is 92.5 cm³/mol. The fourth-order valence-corrected chi connectivity index (χ4v) is 3.97. The van der Waals surface area contributed by atoms with E-state index in [1.807, 2.05) is 6.92 Å². The Balaban J connectivity index is 1.52. The lowest BCUT2D eigenvalue weighted by Crippen LogP contribution is -2.45. The van der Waals surface area contributed by atoms with Crippen molar-refractivity contribution in [3.05, 3.63) is 35.1 Å². The quantitative estimate of drug-likeness (QED) is 0.894. The van der Waals surface area contributed by atoms with Crippen molar-refractivity contribution in [1.29, 1.82) is 0 Å². The smallest absolute Gasteiger partial charge is 0.123 e. The summed E-state index contributed by atoms with van der Waals surface area (Å²) in [5, 5.41) is 10.6. The highest BCUT2D eigenvalue weighted by molar-refractivity contribution is 5.28. The maximum Gasteiger partial charge on any atom is 0.123 e. The molecule has 1 aromatic carbocycles. The molecule has 2 atom stereocenters. The van der Waals surface area contributed by atoms with Crippen LogP contribution in [0.1, 0.15) is 30.1 Å². The molecule has 24 heavy (non-hydrogen) atoms. The Labute approximate surface area is 144 Å². The van der Waals surface area contributed by atoms with Crippen LogP contribution in [0.2, 0.25) is 0 Å². The monoisotopic (exact) mass is 336 g/mol. The van der Waals surface area contributed by atoms with Gasteiger partial charge >= 0.3 is 0 Å². The van der Waals surface area contributed by atoms with E-state index in [0.717, 1.165) is 57.1 Å². The Hall–Kier alpha value is -1.01. The number of hydrogen-bond donors (Lipinski definition) is 1. The van der Waals surface area contributed by atoms with E-state index in [-0.39, 0.29) is 5.82 Å². The number of rotatable bonds is 5. The summed E-state index contributed by atoms with van der Waals surface area (Å²) in [7, 11) is 0. The summed E-state index contributed by atoms with van der Waals surface area (Å²) in [6, 6.07) is 4.64. The van der Waals surface area contributed by atoms with Gasteiger partial charge in [-0.3, -0.25) is 4.90 Å². The van der Waals surface area contributed by atoms with Crippen molar-refractivity contribution in [2.75, 3.05) is 52.5 Å². The summed E-state index contributed by atoms with van der Waals surface area (Å²) in [5.41, 5.74) is 1.66. The fraction of sp³-hybridized carbons (Fsp3) is 0.684. The molecule has 0 saturated carbocycles. The highest BCUT2D eigenvalue weighted by atomic mass is 19.1. The fourth-order valence-electron chi connectivity index (χ4n) is 3.97. The van der Waals surface area contributed by atoms with E-state index in [9.17, 15) is 9.50 Å². The second-order valence-corrected chi connectivity index (χ2v) is 7.20. The molecular weight excluding hydrogens is 307 g/mol. The number of aliphatic hydroxyl groups is 1. The molecule has 3 rings (SSSR count). The molecule has 5 heteroatoms. The molecule has 0 radical (unpaired) electrons. The largest absolute Gasteiger partial charge is 0.387 e. The number of aliphatic hydroxyl groups excluding tert-OH is 1. The Kier molecular flexibility index (Phi) is 6.22. The minimum atomic E-state index is -0.548. The average molecular weight is 336 g/mol. The zero-order chi connectivity index (χ0) is 16.9. The topological polar surface area (TPSA) is 35.9 Å². The van der Waals surface area contributed by atoms with E-state index < -0.39 is 6.10 Å². The van der Waals surface area contributed by atoms with Crippen LogP contribution in [-0.4, -0.2) is 67.4 Å². The molecular formula is C19H29FN2O2. The zero-order valence-corrected chi connectivity index (χ0v) is 14.6. The van der Waals surface area contributed by atoms with E-state index >= 15 is 0 Å². The van der Waals surface area contributed by atoms with Gasteiger partial charge in [0, 0.05) is 32.7 Å². The molecule has 2 unspecified atom stereocenters. The molecule has 4 nitrogen and oxygen atoms in total. The minimum absolute atomic E-state index is 0.244. The van der Waals surface area contributed by atoms with Gasteiger partial charge in [0.1, 0.15) is 5.82 Å². The van der Waals surface area contributed by atoms with Gasteiger partial charge in [0.25, 0.3) is 0 Å². The first kappa shape index (κ1) is 17.8.